The average Bonchev–Trinajstić information content (AvgIpc) is 3.21. The fourth-order valence-electron chi connectivity index (χ4n) is 8.18. The molecule has 0 amide bonds. The number of esters is 1. The first-order chi connectivity index (χ1) is 30.6. The number of carbonyl (C=O) groups is 2. The number of hydrogen-bond donors (Lipinski definition) is 11. The zero-order valence-electron chi connectivity index (χ0n) is 38.1. The third kappa shape index (κ3) is 18.7. The quantitative estimate of drug-likeness (QED) is 0.180. The fourth-order valence-corrected chi connectivity index (χ4v) is 8.18. The molecule has 1 unspecified atom stereocenters. The topological polar surface area (TPSA) is 299 Å². The third-order valence-corrected chi connectivity index (χ3v) is 12.6. The van der Waals surface area contributed by atoms with Crippen LogP contribution in [0.15, 0.2) is 85.1 Å². The van der Waals surface area contributed by atoms with Gasteiger partial charge in [0.05, 0.1) is 73.5 Å². The molecular weight excluding hydrogens is 847 g/mol. The minimum atomic E-state index is -2.31. The normalized spacial score (nSPS) is 45.0. The number of ether oxygens (including phenoxy) is 4. The Kier molecular flexibility index (Phi) is 23.6. The Morgan fingerprint density at radius 2 is 1.23 bits per heavy atom. The molecule has 0 spiro atoms. The smallest absolute Gasteiger partial charge is 0.311 e. The van der Waals surface area contributed by atoms with E-state index in [0.29, 0.717) is 0 Å². The van der Waals surface area contributed by atoms with Gasteiger partial charge in [0.25, 0.3) is 0 Å². The lowest BCUT2D eigenvalue weighted by Gasteiger charge is -2.45. The van der Waals surface area contributed by atoms with E-state index in [2.05, 4.69) is 19.9 Å². The molecule has 2 saturated heterocycles. The minimum absolute atomic E-state index is 0.00816. The lowest BCUT2D eigenvalue weighted by molar-refractivity contribution is -0.308. The number of carboxylic acid groups (broad SMARTS) is 1. The summed E-state index contributed by atoms with van der Waals surface area (Å²) < 4.78 is 23.3. The molecule has 368 valence electrons. The summed E-state index contributed by atoms with van der Waals surface area (Å²) in [6.07, 6.45) is 5.94. The maximum Gasteiger partial charge on any atom is 0.311 e. The van der Waals surface area contributed by atoms with Crippen LogP contribution in [0.4, 0.5) is 0 Å². The molecule has 2 bridgehead atoms. The molecule has 0 saturated carbocycles. The maximum atomic E-state index is 12.7. The molecule has 0 aliphatic carbocycles. The number of nitrogens with two attached hydrogens (primary N) is 1. The first kappa shape index (κ1) is 55.9. The van der Waals surface area contributed by atoms with Gasteiger partial charge in [0.2, 0.25) is 0 Å². The van der Waals surface area contributed by atoms with Gasteiger partial charge in [0, 0.05) is 25.7 Å². The monoisotopic (exact) mass is 922 g/mol. The van der Waals surface area contributed by atoms with E-state index in [1.165, 1.54) is 13.0 Å². The lowest BCUT2D eigenvalue weighted by Crippen LogP contribution is -2.61. The zero-order valence-corrected chi connectivity index (χ0v) is 38.1. The summed E-state index contributed by atoms with van der Waals surface area (Å²) in [6, 6.07) is -1.14. The number of allylic oxidation sites excluding steroid dienone is 13. The molecule has 3 heterocycles. The molecule has 3 rings (SSSR count). The van der Waals surface area contributed by atoms with Crippen LogP contribution in [0.2, 0.25) is 0 Å². The van der Waals surface area contributed by atoms with Gasteiger partial charge in [-0.25, -0.2) is 0 Å². The molecule has 0 aromatic heterocycles. The summed E-state index contributed by atoms with van der Waals surface area (Å²) in [5.41, 5.74) is 6.02. The number of cyclic esters (lactones) is 1. The minimum Gasteiger partial charge on any atom is -0.481 e. The molecule has 17 heteroatoms. The van der Waals surface area contributed by atoms with E-state index < -0.39 is 128 Å². The van der Waals surface area contributed by atoms with Crippen molar-refractivity contribution in [1.82, 2.24) is 0 Å². The molecule has 2 fully saturated rings. The zero-order chi connectivity index (χ0) is 48.4. The Hall–Kier alpha value is -3.40. The molecule has 12 N–H and O–H groups in total. The van der Waals surface area contributed by atoms with Gasteiger partial charge in [-0.1, -0.05) is 106 Å². The van der Waals surface area contributed by atoms with E-state index in [1.54, 1.807) is 37.3 Å². The molecular formula is C48H75NO16. The number of aliphatic carboxylic acids is 1. The Morgan fingerprint density at radius 3 is 1.82 bits per heavy atom. The molecule has 3 aliphatic heterocycles. The predicted molar refractivity (Wildman–Crippen MR) is 240 cm³/mol. The summed E-state index contributed by atoms with van der Waals surface area (Å²) in [5.74, 6) is -5.65. The van der Waals surface area contributed by atoms with Crippen LogP contribution in [0, 0.1) is 23.7 Å². The number of hydrogen-bond acceptors (Lipinski definition) is 16. The number of carbonyl (C=O) groups excluding carboxylic acids is 1. The average molecular weight is 922 g/mol. The van der Waals surface area contributed by atoms with Crippen LogP contribution in [0.1, 0.15) is 86.0 Å². The van der Waals surface area contributed by atoms with E-state index in [1.807, 2.05) is 49.5 Å². The molecule has 0 aromatic carbocycles. The largest absolute Gasteiger partial charge is 0.481 e. The Labute approximate surface area is 382 Å². The predicted octanol–water partition coefficient (Wildman–Crippen LogP) is 1.99. The van der Waals surface area contributed by atoms with E-state index in [0.717, 1.165) is 0 Å². The van der Waals surface area contributed by atoms with Gasteiger partial charge in [-0.15, -0.1) is 0 Å². The highest BCUT2D eigenvalue weighted by atomic mass is 16.7. The van der Waals surface area contributed by atoms with E-state index in [4.69, 9.17) is 24.7 Å². The van der Waals surface area contributed by atoms with Gasteiger partial charge in [0.1, 0.15) is 18.1 Å². The second-order valence-corrected chi connectivity index (χ2v) is 17.9. The summed E-state index contributed by atoms with van der Waals surface area (Å²) >= 11 is 0. The fraction of sp³-hybridized carbons (Fsp3) is 0.667. The van der Waals surface area contributed by atoms with Crippen LogP contribution in [-0.2, 0) is 28.5 Å². The van der Waals surface area contributed by atoms with E-state index >= 15 is 0 Å². The standard InChI is InChI=1S/C48H75NO16/c1-28-18-16-14-12-10-8-6-7-9-11-13-15-17-19-36(64-47-45(58)43(49)44(57)32(5)63-47)25-40-42(46(59)60)39(55)27-48(61,65-40)26-35(52)23-38(54)37(53)21-20-33(50)22-34(51)24-41(56)62-31(4)30(3)29(28)2/h6-19,28-40,42-45,47,50-55,57-58,61H,20-27,49H2,1-5H3,(H,59,60)/b7-6+,10-8+,11-9+,14-12-,15-13+,18-16+,19-17?/t28-,29+,30+,31-,32+,33+,34+,35-,36?,37+,38+,39-,40-,42+,43-,44+,45-,47-,48+/m0/s1. The Morgan fingerprint density at radius 1 is 0.662 bits per heavy atom. The van der Waals surface area contributed by atoms with Crippen molar-refractivity contribution in [3.63, 3.8) is 0 Å². The molecule has 19 atom stereocenters. The highest BCUT2D eigenvalue weighted by Gasteiger charge is 2.51. The second kappa shape index (κ2) is 27.4. The van der Waals surface area contributed by atoms with Gasteiger partial charge in [0.15, 0.2) is 12.1 Å². The number of carboxylic acids is 1. The highest BCUT2D eigenvalue weighted by Crippen LogP contribution is 2.38. The lowest BCUT2D eigenvalue weighted by atomic mass is 9.82. The molecule has 0 radical (unpaired) electrons. The summed E-state index contributed by atoms with van der Waals surface area (Å²) in [7, 11) is 0. The van der Waals surface area contributed by atoms with Gasteiger partial charge in [-0.3, -0.25) is 9.59 Å². The Balaban J connectivity index is 1.86. The number of aliphatic hydroxyl groups is 9. The number of rotatable bonds is 3. The van der Waals surface area contributed by atoms with Crippen molar-refractivity contribution in [1.29, 1.82) is 0 Å². The molecule has 17 nitrogen and oxygen atoms in total. The summed E-state index contributed by atoms with van der Waals surface area (Å²) in [5, 5.41) is 107. The number of fused-ring (bicyclic) bond motifs is 2. The van der Waals surface area contributed by atoms with Crippen molar-refractivity contribution in [3.05, 3.63) is 85.1 Å². The van der Waals surface area contributed by atoms with Gasteiger partial charge < -0.3 is 75.7 Å². The van der Waals surface area contributed by atoms with Gasteiger partial charge in [-0.05, 0) is 50.9 Å². The van der Waals surface area contributed by atoms with E-state index in [-0.39, 0.29) is 49.9 Å². The van der Waals surface area contributed by atoms with Crippen molar-refractivity contribution < 1.29 is 79.6 Å². The van der Waals surface area contributed by atoms with Crippen molar-refractivity contribution in [2.75, 3.05) is 0 Å². The molecule has 0 aromatic rings. The van der Waals surface area contributed by atoms with Crippen LogP contribution in [0.5, 0.6) is 0 Å². The van der Waals surface area contributed by atoms with Crippen LogP contribution in [0.25, 0.3) is 0 Å². The van der Waals surface area contributed by atoms with Crippen molar-refractivity contribution >= 4 is 11.9 Å². The molecule has 65 heavy (non-hydrogen) atoms. The first-order valence-electron chi connectivity index (χ1n) is 22.6. The second-order valence-electron chi connectivity index (χ2n) is 17.9. The van der Waals surface area contributed by atoms with Gasteiger partial charge >= 0.3 is 11.9 Å². The SMILES string of the molecule is C[C@@H]1[C@H](C)[C@@H](C)/C=C/C=C\C=C\C=C\C=C\C=C\C=CC(O[C@@H]2O[C@H](C)[C@@H](O)[C@H](N)[C@@H]2O)C[C@@H]2O[C@](O)(C[C@@H](O)C[C@@H](O)[C@H](O)CC[C@@H](O)C[C@@H](O)CC(=O)O[C@H]1C)C[C@H](O)[C@H]2C(=O)O. The number of aliphatic hydroxyl groups excluding tert-OH is 8. The first-order valence-corrected chi connectivity index (χ1v) is 22.6. The highest BCUT2D eigenvalue weighted by molar-refractivity contribution is 5.71. The van der Waals surface area contributed by atoms with Crippen molar-refractivity contribution in [3.8, 4) is 0 Å². The third-order valence-electron chi connectivity index (χ3n) is 12.6. The van der Waals surface area contributed by atoms with Crippen molar-refractivity contribution in [2.24, 2.45) is 29.4 Å². The van der Waals surface area contributed by atoms with Crippen molar-refractivity contribution in [2.45, 2.75) is 177 Å². The maximum absolute atomic E-state index is 12.7. The van der Waals surface area contributed by atoms with Gasteiger partial charge in [-0.2, -0.15) is 0 Å². The van der Waals surface area contributed by atoms with Crippen LogP contribution in [0.3, 0.4) is 0 Å². The van der Waals surface area contributed by atoms with Crippen LogP contribution in [-0.4, -0.2) is 154 Å². The summed E-state index contributed by atoms with van der Waals surface area (Å²) in [4.78, 5) is 25.2. The van der Waals surface area contributed by atoms with E-state index in [9.17, 15) is 60.7 Å². The van der Waals surface area contributed by atoms with Crippen LogP contribution >= 0.6 is 0 Å². The molecule has 3 aliphatic rings. The Bertz CT molecular complexity index is 1660. The van der Waals surface area contributed by atoms with Crippen LogP contribution < -0.4 is 5.73 Å². The summed E-state index contributed by atoms with van der Waals surface area (Å²) in [6.45, 7) is 9.49.